The Kier molecular flexibility index (Phi) is 6.68. The zero-order valence-corrected chi connectivity index (χ0v) is 17.2. The highest BCUT2D eigenvalue weighted by atomic mass is 32.2. The Hall–Kier alpha value is -1.42. The van der Waals surface area contributed by atoms with Gasteiger partial charge in [0.1, 0.15) is 4.21 Å². The second kappa shape index (κ2) is 8.98. The number of piperidine rings is 1. The van der Waals surface area contributed by atoms with Gasteiger partial charge in [-0.3, -0.25) is 4.99 Å². The van der Waals surface area contributed by atoms with Gasteiger partial charge < -0.3 is 10.6 Å². The Bertz CT molecular complexity index is 822. The van der Waals surface area contributed by atoms with Crippen LogP contribution in [0.1, 0.15) is 29.0 Å². The lowest BCUT2D eigenvalue weighted by Gasteiger charge is -2.25. The number of nitrogens with one attached hydrogen (secondary N) is 2. The van der Waals surface area contributed by atoms with Crippen LogP contribution in [0.2, 0.25) is 0 Å². The van der Waals surface area contributed by atoms with Crippen molar-refractivity contribution < 1.29 is 8.42 Å². The molecule has 2 N–H and O–H groups in total. The second-order valence-corrected chi connectivity index (χ2v) is 10.4. The van der Waals surface area contributed by atoms with Gasteiger partial charge >= 0.3 is 0 Å². The van der Waals surface area contributed by atoms with Gasteiger partial charge in [0.25, 0.3) is 10.0 Å². The van der Waals surface area contributed by atoms with Crippen molar-refractivity contribution in [3.05, 3.63) is 39.4 Å². The van der Waals surface area contributed by atoms with E-state index in [1.54, 1.807) is 28.8 Å². The molecule has 0 amide bonds. The third-order valence-corrected chi connectivity index (χ3v) is 8.54. The first kappa shape index (κ1) is 19.3. The van der Waals surface area contributed by atoms with Crippen molar-refractivity contribution in [3.63, 3.8) is 0 Å². The Balaban J connectivity index is 1.55. The second-order valence-electron chi connectivity index (χ2n) is 6.04. The monoisotopic (exact) mass is 412 g/mol. The van der Waals surface area contributed by atoms with E-state index in [2.05, 4.69) is 21.7 Å². The number of hydrogen-bond acceptors (Lipinski definition) is 5. The predicted molar refractivity (Wildman–Crippen MR) is 108 cm³/mol. The molecule has 26 heavy (non-hydrogen) atoms. The lowest BCUT2D eigenvalue weighted by atomic mass is 10.2. The maximum Gasteiger partial charge on any atom is 0.252 e. The van der Waals surface area contributed by atoms with Crippen molar-refractivity contribution in [1.82, 2.24) is 14.9 Å². The number of sulfonamides is 1. The quantitative estimate of drug-likeness (QED) is 0.565. The summed E-state index contributed by atoms with van der Waals surface area (Å²) in [5.41, 5.74) is 0. The van der Waals surface area contributed by atoms with E-state index in [1.165, 1.54) is 16.2 Å². The van der Waals surface area contributed by atoms with Crippen molar-refractivity contribution in [2.24, 2.45) is 4.99 Å². The van der Waals surface area contributed by atoms with E-state index >= 15 is 0 Å². The van der Waals surface area contributed by atoms with Crippen LogP contribution in [0, 0.1) is 0 Å². The normalized spacial score (nSPS) is 16.6. The Morgan fingerprint density at radius 2 is 1.85 bits per heavy atom. The number of aliphatic imine (C=N–C) groups is 1. The molecule has 0 spiro atoms. The van der Waals surface area contributed by atoms with E-state index in [0.717, 1.165) is 30.7 Å². The predicted octanol–water partition coefficient (Wildman–Crippen LogP) is 2.85. The van der Waals surface area contributed by atoms with Gasteiger partial charge in [-0.2, -0.15) is 4.31 Å². The highest BCUT2D eigenvalue weighted by Gasteiger charge is 2.27. The first-order valence-electron chi connectivity index (χ1n) is 8.65. The first-order valence-corrected chi connectivity index (χ1v) is 11.8. The van der Waals surface area contributed by atoms with E-state index in [-0.39, 0.29) is 0 Å². The average molecular weight is 413 g/mol. The number of guanidine groups is 1. The van der Waals surface area contributed by atoms with Gasteiger partial charge in [-0.15, -0.1) is 22.7 Å². The number of hydrogen-bond donors (Lipinski definition) is 2. The molecular weight excluding hydrogens is 388 g/mol. The molecule has 6 nitrogen and oxygen atoms in total. The summed E-state index contributed by atoms with van der Waals surface area (Å²) in [4.78, 5) is 6.42. The minimum Gasteiger partial charge on any atom is -0.352 e. The topological polar surface area (TPSA) is 73.8 Å². The van der Waals surface area contributed by atoms with Gasteiger partial charge in [-0.05, 0) is 36.4 Å². The van der Waals surface area contributed by atoms with Crippen molar-refractivity contribution in [1.29, 1.82) is 0 Å². The smallest absolute Gasteiger partial charge is 0.252 e. The van der Waals surface area contributed by atoms with Gasteiger partial charge in [0.05, 0.1) is 13.1 Å². The summed E-state index contributed by atoms with van der Waals surface area (Å²) in [5, 5.41) is 8.54. The molecular formula is C17H24N4O2S3. The van der Waals surface area contributed by atoms with Gasteiger partial charge in [-0.25, -0.2) is 8.42 Å². The highest BCUT2D eigenvalue weighted by Crippen LogP contribution is 2.27. The zero-order valence-electron chi connectivity index (χ0n) is 14.8. The van der Waals surface area contributed by atoms with E-state index in [1.807, 2.05) is 17.5 Å². The van der Waals surface area contributed by atoms with Crippen LogP contribution in [0.3, 0.4) is 0 Å². The van der Waals surface area contributed by atoms with E-state index in [4.69, 9.17) is 0 Å². The third-order valence-electron chi connectivity index (χ3n) is 4.21. The summed E-state index contributed by atoms with van der Waals surface area (Å²) in [6, 6.07) is 7.68. The van der Waals surface area contributed by atoms with Crippen LogP contribution in [0.25, 0.3) is 0 Å². The van der Waals surface area contributed by atoms with Gasteiger partial charge in [0.15, 0.2) is 5.96 Å². The summed E-state index contributed by atoms with van der Waals surface area (Å²) in [7, 11) is -1.62. The Labute approximate surface area is 163 Å². The number of nitrogens with zero attached hydrogens (tertiary/aromatic N) is 2. The summed E-state index contributed by atoms with van der Waals surface area (Å²) < 4.78 is 27.5. The summed E-state index contributed by atoms with van der Waals surface area (Å²) in [5.74, 6) is 0.701. The molecule has 0 bridgehead atoms. The van der Waals surface area contributed by atoms with Gasteiger partial charge in [0, 0.05) is 29.9 Å². The highest BCUT2D eigenvalue weighted by molar-refractivity contribution is 7.91. The molecule has 1 aliphatic rings. The largest absolute Gasteiger partial charge is 0.352 e. The van der Waals surface area contributed by atoms with Crippen LogP contribution in [-0.2, 0) is 23.1 Å². The maximum atomic E-state index is 12.7. The molecule has 3 heterocycles. The average Bonchev–Trinajstić information content (AvgIpc) is 3.35. The molecule has 1 aliphatic heterocycles. The molecule has 0 atom stereocenters. The fourth-order valence-corrected chi connectivity index (χ4v) is 6.41. The molecule has 0 saturated carbocycles. The first-order chi connectivity index (χ1) is 12.6. The van der Waals surface area contributed by atoms with Crippen LogP contribution in [-0.4, -0.2) is 38.8 Å². The molecule has 1 fully saturated rings. The number of thiophene rings is 2. The van der Waals surface area contributed by atoms with Crippen molar-refractivity contribution >= 4 is 38.7 Å². The number of rotatable bonds is 6. The van der Waals surface area contributed by atoms with Crippen LogP contribution in [0.4, 0.5) is 0 Å². The lowest BCUT2D eigenvalue weighted by molar-refractivity contribution is 0.347. The van der Waals surface area contributed by atoms with E-state index in [9.17, 15) is 8.42 Å². The fourth-order valence-electron chi connectivity index (χ4n) is 2.80. The van der Waals surface area contributed by atoms with Gasteiger partial charge in [0.2, 0.25) is 0 Å². The van der Waals surface area contributed by atoms with Crippen LogP contribution in [0.15, 0.2) is 38.8 Å². The molecule has 142 valence electrons. The van der Waals surface area contributed by atoms with Crippen LogP contribution >= 0.6 is 22.7 Å². The summed E-state index contributed by atoms with van der Waals surface area (Å²) in [6.07, 6.45) is 3.01. The van der Waals surface area contributed by atoms with Crippen molar-refractivity contribution in [3.8, 4) is 0 Å². The van der Waals surface area contributed by atoms with E-state index < -0.39 is 10.0 Å². The molecule has 0 aliphatic carbocycles. The maximum absolute atomic E-state index is 12.7. The molecule has 2 aromatic heterocycles. The third kappa shape index (κ3) is 4.85. The summed E-state index contributed by atoms with van der Waals surface area (Å²) in [6.45, 7) is 2.53. The summed E-state index contributed by atoms with van der Waals surface area (Å²) >= 11 is 3.02. The fraction of sp³-hybridized carbons (Fsp3) is 0.471. The molecule has 0 aromatic carbocycles. The van der Waals surface area contributed by atoms with E-state index in [0.29, 0.717) is 29.8 Å². The SMILES string of the molecule is CN=C(NCc1cccs1)NCc1ccc(S(=O)(=O)N2CCCCC2)s1. The molecule has 0 radical (unpaired) electrons. The minimum absolute atomic E-state index is 0.428. The van der Waals surface area contributed by atoms with Gasteiger partial charge in [-0.1, -0.05) is 12.5 Å². The zero-order chi connectivity index (χ0) is 18.4. The van der Waals surface area contributed by atoms with Crippen molar-refractivity contribution in [2.45, 2.75) is 36.6 Å². The molecule has 3 rings (SSSR count). The van der Waals surface area contributed by atoms with Crippen LogP contribution < -0.4 is 10.6 Å². The Morgan fingerprint density at radius 1 is 1.12 bits per heavy atom. The molecule has 1 saturated heterocycles. The molecule has 0 unspecified atom stereocenters. The lowest BCUT2D eigenvalue weighted by Crippen LogP contribution is -2.36. The Morgan fingerprint density at radius 3 is 2.50 bits per heavy atom. The standard InChI is InChI=1S/C17H24N4O2S3/c1-18-17(19-12-14-6-5-11-24-14)20-13-15-7-8-16(25-15)26(22,23)21-9-3-2-4-10-21/h5-8,11H,2-4,9-10,12-13H2,1H3,(H2,18,19,20). The molecule has 2 aromatic rings. The van der Waals surface area contributed by atoms with Crippen LogP contribution in [0.5, 0.6) is 0 Å². The molecule has 9 heteroatoms. The minimum atomic E-state index is -3.35. The van der Waals surface area contributed by atoms with Crippen molar-refractivity contribution in [2.75, 3.05) is 20.1 Å².